The number of aromatic carboxylic acids is 1. The summed E-state index contributed by atoms with van der Waals surface area (Å²) in [5, 5.41) is 10.7. The van der Waals surface area contributed by atoms with Gasteiger partial charge in [-0.1, -0.05) is 6.07 Å². The largest absolute Gasteiger partial charge is 0.478 e. The summed E-state index contributed by atoms with van der Waals surface area (Å²) < 4.78 is 5.40. The molecule has 0 bridgehead atoms. The molecule has 0 aliphatic rings. The topological polar surface area (TPSA) is 85.4 Å². The van der Waals surface area contributed by atoms with Gasteiger partial charge in [-0.3, -0.25) is 0 Å². The summed E-state index contributed by atoms with van der Waals surface area (Å²) in [6.07, 6.45) is 1.22. The van der Waals surface area contributed by atoms with Crippen LogP contribution in [0.4, 0.5) is 5.69 Å². The second kappa shape index (κ2) is 4.84. The van der Waals surface area contributed by atoms with Gasteiger partial charge in [0.2, 0.25) is 5.88 Å². The van der Waals surface area contributed by atoms with E-state index in [-0.39, 0.29) is 17.1 Å². The Morgan fingerprint density at radius 3 is 3.00 bits per heavy atom. The van der Waals surface area contributed by atoms with Gasteiger partial charge in [0.1, 0.15) is 6.61 Å². The van der Waals surface area contributed by atoms with Gasteiger partial charge in [0.25, 0.3) is 0 Å². The molecule has 0 aliphatic carbocycles. The second-order valence-electron chi connectivity index (χ2n) is 3.29. The van der Waals surface area contributed by atoms with E-state index in [1.54, 1.807) is 11.3 Å². The van der Waals surface area contributed by atoms with Crippen LogP contribution < -0.4 is 10.5 Å². The van der Waals surface area contributed by atoms with Crippen molar-refractivity contribution in [3.05, 3.63) is 40.2 Å². The van der Waals surface area contributed by atoms with Gasteiger partial charge in [0.15, 0.2) is 0 Å². The lowest BCUT2D eigenvalue weighted by Gasteiger charge is -2.06. The standard InChI is InChI=1S/C11H10N2O3S/c12-9-4-7(11(14)15)5-13-10(9)16-6-8-2-1-3-17-8/h1-5H,6,12H2,(H,14,15). The van der Waals surface area contributed by atoms with Crippen molar-refractivity contribution in [3.63, 3.8) is 0 Å². The van der Waals surface area contributed by atoms with Crippen LogP contribution in [0.15, 0.2) is 29.8 Å². The third-order valence-electron chi connectivity index (χ3n) is 2.06. The Kier molecular flexibility index (Phi) is 3.24. The Hall–Kier alpha value is -2.08. The monoisotopic (exact) mass is 250 g/mol. The first kappa shape index (κ1) is 11.4. The summed E-state index contributed by atoms with van der Waals surface area (Å²) >= 11 is 1.57. The van der Waals surface area contributed by atoms with Gasteiger partial charge in [-0.25, -0.2) is 9.78 Å². The first-order valence-electron chi connectivity index (χ1n) is 4.81. The number of nitrogens with two attached hydrogens (primary N) is 1. The fraction of sp³-hybridized carbons (Fsp3) is 0.0909. The van der Waals surface area contributed by atoms with Crippen molar-refractivity contribution in [1.29, 1.82) is 0 Å². The molecule has 0 aromatic carbocycles. The lowest BCUT2D eigenvalue weighted by Crippen LogP contribution is -2.03. The molecule has 6 heteroatoms. The van der Waals surface area contributed by atoms with Gasteiger partial charge in [-0.15, -0.1) is 11.3 Å². The van der Waals surface area contributed by atoms with Gasteiger partial charge in [-0.05, 0) is 17.5 Å². The van der Waals surface area contributed by atoms with Crippen molar-refractivity contribution < 1.29 is 14.6 Å². The molecule has 0 amide bonds. The molecule has 0 fully saturated rings. The van der Waals surface area contributed by atoms with Crippen molar-refractivity contribution in [2.75, 3.05) is 5.73 Å². The summed E-state index contributed by atoms with van der Waals surface area (Å²) in [5.41, 5.74) is 5.92. The molecule has 0 unspecified atom stereocenters. The minimum atomic E-state index is -1.06. The van der Waals surface area contributed by atoms with Gasteiger partial charge >= 0.3 is 5.97 Å². The van der Waals surface area contributed by atoms with E-state index in [1.165, 1.54) is 12.3 Å². The summed E-state index contributed by atoms with van der Waals surface area (Å²) in [4.78, 5) is 15.6. The van der Waals surface area contributed by atoms with Crippen LogP contribution >= 0.6 is 11.3 Å². The molecule has 2 aromatic heterocycles. The molecule has 0 saturated carbocycles. The number of anilines is 1. The second-order valence-corrected chi connectivity index (χ2v) is 4.32. The summed E-state index contributed by atoms with van der Waals surface area (Å²) in [6.45, 7) is 0.376. The maximum atomic E-state index is 10.7. The fourth-order valence-electron chi connectivity index (χ4n) is 1.24. The smallest absolute Gasteiger partial charge is 0.337 e. The number of carbonyl (C=O) groups is 1. The molecular weight excluding hydrogens is 240 g/mol. The normalized spacial score (nSPS) is 10.1. The zero-order valence-electron chi connectivity index (χ0n) is 8.79. The Morgan fingerprint density at radius 2 is 2.41 bits per heavy atom. The molecule has 0 radical (unpaired) electrons. The van der Waals surface area contributed by atoms with Crippen molar-refractivity contribution >= 4 is 23.0 Å². The van der Waals surface area contributed by atoms with Crippen LogP contribution in [0.2, 0.25) is 0 Å². The lowest BCUT2D eigenvalue weighted by atomic mass is 10.2. The highest BCUT2D eigenvalue weighted by Gasteiger charge is 2.08. The van der Waals surface area contributed by atoms with E-state index in [2.05, 4.69) is 4.98 Å². The van der Waals surface area contributed by atoms with Crippen LogP contribution in [0.1, 0.15) is 15.2 Å². The van der Waals surface area contributed by atoms with E-state index in [1.807, 2.05) is 17.5 Å². The van der Waals surface area contributed by atoms with Crippen LogP contribution in [0.5, 0.6) is 5.88 Å². The number of hydrogen-bond donors (Lipinski definition) is 2. The first-order valence-corrected chi connectivity index (χ1v) is 5.69. The number of aromatic nitrogens is 1. The van der Waals surface area contributed by atoms with Crippen LogP contribution in [-0.2, 0) is 6.61 Å². The Bertz CT molecular complexity index is 526. The van der Waals surface area contributed by atoms with E-state index in [0.717, 1.165) is 4.88 Å². The predicted octanol–water partition coefficient (Wildman–Crippen LogP) is 2.00. The summed E-state index contributed by atoms with van der Waals surface area (Å²) in [7, 11) is 0. The molecule has 88 valence electrons. The number of rotatable bonds is 4. The van der Waals surface area contributed by atoms with Crippen LogP contribution in [-0.4, -0.2) is 16.1 Å². The molecule has 3 N–H and O–H groups in total. The van der Waals surface area contributed by atoms with Crippen LogP contribution in [0, 0.1) is 0 Å². The number of nitrogen functional groups attached to an aromatic ring is 1. The third kappa shape index (κ3) is 2.73. The minimum Gasteiger partial charge on any atom is -0.478 e. The van der Waals surface area contributed by atoms with E-state index < -0.39 is 5.97 Å². The quantitative estimate of drug-likeness (QED) is 0.866. The Labute approximate surface area is 101 Å². The molecule has 2 aromatic rings. The van der Waals surface area contributed by atoms with E-state index in [4.69, 9.17) is 15.6 Å². The summed E-state index contributed by atoms with van der Waals surface area (Å²) in [5.74, 6) is -0.808. The predicted molar refractivity (Wildman–Crippen MR) is 64.3 cm³/mol. The number of ether oxygens (including phenoxy) is 1. The van der Waals surface area contributed by atoms with Gasteiger partial charge in [0, 0.05) is 11.1 Å². The zero-order chi connectivity index (χ0) is 12.3. The molecule has 2 heterocycles. The van der Waals surface area contributed by atoms with Crippen LogP contribution in [0.25, 0.3) is 0 Å². The number of pyridine rings is 1. The number of hydrogen-bond acceptors (Lipinski definition) is 5. The molecular formula is C11H10N2O3S. The average Bonchev–Trinajstić information content (AvgIpc) is 2.80. The molecule has 2 rings (SSSR count). The maximum absolute atomic E-state index is 10.7. The Morgan fingerprint density at radius 1 is 1.59 bits per heavy atom. The number of carboxylic acids is 1. The molecule has 0 atom stereocenters. The van der Waals surface area contributed by atoms with Gasteiger partial charge < -0.3 is 15.6 Å². The minimum absolute atomic E-state index is 0.0472. The highest BCUT2D eigenvalue weighted by atomic mass is 32.1. The summed E-state index contributed by atoms with van der Waals surface area (Å²) in [6, 6.07) is 5.19. The highest BCUT2D eigenvalue weighted by Crippen LogP contribution is 2.21. The molecule has 17 heavy (non-hydrogen) atoms. The van der Waals surface area contributed by atoms with Crippen molar-refractivity contribution in [2.45, 2.75) is 6.61 Å². The Balaban J connectivity index is 2.09. The number of thiophene rings is 1. The van der Waals surface area contributed by atoms with Crippen molar-refractivity contribution in [2.24, 2.45) is 0 Å². The maximum Gasteiger partial charge on any atom is 0.337 e. The van der Waals surface area contributed by atoms with Gasteiger partial charge in [-0.2, -0.15) is 0 Å². The fourth-order valence-corrected chi connectivity index (χ4v) is 1.86. The molecule has 0 aliphatic heterocycles. The van der Waals surface area contributed by atoms with Crippen molar-refractivity contribution in [3.8, 4) is 5.88 Å². The van der Waals surface area contributed by atoms with Crippen LogP contribution in [0.3, 0.4) is 0 Å². The zero-order valence-corrected chi connectivity index (χ0v) is 9.61. The van der Waals surface area contributed by atoms with Gasteiger partial charge in [0.05, 0.1) is 11.3 Å². The number of carboxylic acid groups (broad SMARTS) is 1. The highest BCUT2D eigenvalue weighted by molar-refractivity contribution is 7.09. The van der Waals surface area contributed by atoms with E-state index in [9.17, 15) is 4.79 Å². The molecule has 5 nitrogen and oxygen atoms in total. The van der Waals surface area contributed by atoms with E-state index >= 15 is 0 Å². The van der Waals surface area contributed by atoms with E-state index in [0.29, 0.717) is 6.61 Å². The molecule has 0 saturated heterocycles. The SMILES string of the molecule is Nc1cc(C(=O)O)cnc1OCc1cccs1. The lowest BCUT2D eigenvalue weighted by molar-refractivity contribution is 0.0696. The number of nitrogens with zero attached hydrogens (tertiary/aromatic N) is 1. The third-order valence-corrected chi connectivity index (χ3v) is 2.91. The average molecular weight is 250 g/mol. The van der Waals surface area contributed by atoms with Crippen molar-refractivity contribution in [1.82, 2.24) is 4.98 Å². The first-order chi connectivity index (χ1) is 8.16. The molecule has 0 spiro atoms.